The van der Waals surface area contributed by atoms with Crippen LogP contribution in [0.1, 0.15) is 0 Å². The molecule has 0 spiro atoms. The fourth-order valence-electron chi connectivity index (χ4n) is 5.22. The lowest BCUT2D eigenvalue weighted by Crippen LogP contribution is -2.95. The normalized spacial score (nSPS) is 41.0. The zero-order chi connectivity index (χ0) is 41.2. The molecule has 0 saturated heterocycles. The van der Waals surface area contributed by atoms with Gasteiger partial charge in [0.15, 0.2) is 0 Å². The molecule has 50 heavy (non-hydrogen) atoms. The van der Waals surface area contributed by atoms with Gasteiger partial charge in [0, 0.05) is 0 Å². The van der Waals surface area contributed by atoms with Gasteiger partial charge in [-0.1, -0.05) is 0 Å². The molecule has 0 aliphatic heterocycles. The van der Waals surface area contributed by atoms with Crippen LogP contribution in [0.3, 0.4) is 0 Å². The summed E-state index contributed by atoms with van der Waals surface area (Å²) >= 11 is 0. The molecule has 2 rings (SSSR count). The third kappa shape index (κ3) is 3.63. The first kappa shape index (κ1) is 43.7. The highest BCUT2D eigenvalue weighted by atomic mass is 19.4. The van der Waals surface area contributed by atoms with E-state index in [1.807, 2.05) is 0 Å². The van der Waals surface area contributed by atoms with Crippen LogP contribution < -0.4 is 0 Å². The zero-order valence-corrected chi connectivity index (χ0v) is 21.1. The van der Waals surface area contributed by atoms with Gasteiger partial charge < -0.3 is 0 Å². The van der Waals surface area contributed by atoms with Crippen LogP contribution >= 0.6 is 0 Å². The minimum atomic E-state index is -10.3. The van der Waals surface area contributed by atoms with Crippen LogP contribution in [0.4, 0.5) is 140 Å². The topological polar surface area (TPSA) is 0 Å². The van der Waals surface area contributed by atoms with Gasteiger partial charge in [-0.3, -0.25) is 0 Å². The summed E-state index contributed by atoms with van der Waals surface area (Å²) in [5.74, 6) is -60.1. The number of alkyl halides is 30. The van der Waals surface area contributed by atoms with Crippen LogP contribution in [0.5, 0.6) is 0 Å². The van der Waals surface area contributed by atoms with E-state index in [0.29, 0.717) is 0 Å². The number of hydrogen-bond acceptors (Lipinski definition) is 0. The highest BCUT2D eigenvalue weighted by Gasteiger charge is 3.13. The van der Waals surface area contributed by atoms with Crippen LogP contribution in [0.15, 0.2) is 11.7 Å². The van der Waals surface area contributed by atoms with E-state index in [9.17, 15) is 132 Å². The summed E-state index contributed by atoms with van der Waals surface area (Å²) in [6.45, 7) is 0. The Labute approximate surface area is 248 Å². The minimum absolute atomic E-state index is 6.67. The molecule has 0 bridgehead atoms. The van der Waals surface area contributed by atoms with Crippen molar-refractivity contribution in [1.82, 2.24) is 0 Å². The molecule has 6 atom stereocenters. The SMILES string of the molecule is FC(F)=C(C1(F)C(F)(F)C(F)(F)C(F)(C(F)(F)F)C(F)(C(F)(F)F)C1(F)F)C1(F)C(F)(F)C(F)(F)C(F)(C(F)(F)F)C(F)(C(F)(F)F)C1(F)F. The third-order valence-electron chi connectivity index (χ3n) is 7.64. The van der Waals surface area contributed by atoms with Gasteiger partial charge in [-0.15, -0.1) is 0 Å². The molecular formula is C18F32. The maximum absolute atomic E-state index is 15.6. The Hall–Kier alpha value is -2.50. The summed E-state index contributed by atoms with van der Waals surface area (Å²) in [6.07, 6.45) is -43.7. The quantitative estimate of drug-likeness (QED) is 0.244. The van der Waals surface area contributed by atoms with Crippen LogP contribution in [0.2, 0.25) is 0 Å². The molecule has 0 heterocycles. The van der Waals surface area contributed by atoms with E-state index in [0.717, 1.165) is 0 Å². The second-order valence-electron chi connectivity index (χ2n) is 10.0. The molecule has 0 nitrogen and oxygen atoms in total. The molecule has 0 aromatic heterocycles. The van der Waals surface area contributed by atoms with Crippen molar-refractivity contribution >= 4 is 0 Å². The van der Waals surface area contributed by atoms with Gasteiger partial charge in [-0.2, -0.15) is 114 Å². The van der Waals surface area contributed by atoms with Gasteiger partial charge >= 0.3 is 82.9 Å². The molecule has 2 fully saturated rings. The van der Waals surface area contributed by atoms with E-state index in [1.165, 1.54) is 0 Å². The zero-order valence-electron chi connectivity index (χ0n) is 21.1. The molecule has 6 unspecified atom stereocenters. The van der Waals surface area contributed by atoms with E-state index in [4.69, 9.17) is 0 Å². The Morgan fingerprint density at radius 2 is 0.420 bits per heavy atom. The molecule has 0 aromatic rings. The van der Waals surface area contributed by atoms with Crippen molar-refractivity contribution in [3.8, 4) is 0 Å². The average Bonchev–Trinajstić information content (AvgIpc) is 2.85. The lowest BCUT2D eigenvalue weighted by Gasteiger charge is -2.62. The number of rotatable bonds is 2. The predicted molar refractivity (Wildman–Crippen MR) is 86.2 cm³/mol. The molecule has 0 N–H and O–H groups in total. The highest BCUT2D eigenvalue weighted by Crippen LogP contribution is 2.81. The van der Waals surface area contributed by atoms with Crippen molar-refractivity contribution in [3.63, 3.8) is 0 Å². The number of halogens is 32. The van der Waals surface area contributed by atoms with Crippen molar-refractivity contribution in [2.24, 2.45) is 0 Å². The summed E-state index contributed by atoms with van der Waals surface area (Å²) < 4.78 is 451. The Morgan fingerprint density at radius 3 is 0.560 bits per heavy atom. The monoisotopic (exact) mass is 824 g/mol. The number of allylic oxidation sites excluding steroid dienone is 1. The van der Waals surface area contributed by atoms with E-state index in [2.05, 4.69) is 0 Å². The molecule has 2 saturated carbocycles. The van der Waals surface area contributed by atoms with Crippen molar-refractivity contribution in [2.45, 2.75) is 94.3 Å². The molecule has 0 aromatic carbocycles. The first-order valence-corrected chi connectivity index (χ1v) is 10.8. The van der Waals surface area contributed by atoms with Crippen molar-refractivity contribution in [3.05, 3.63) is 11.7 Å². The largest absolute Gasteiger partial charge is 0.432 e. The fraction of sp³-hybridized carbons (Fsp3) is 0.889. The maximum atomic E-state index is 15.6. The van der Waals surface area contributed by atoms with Crippen LogP contribution in [-0.4, -0.2) is 94.3 Å². The Balaban J connectivity index is 3.61. The molecule has 32 heteroatoms. The van der Waals surface area contributed by atoms with E-state index in [-0.39, 0.29) is 0 Å². The average molecular weight is 824 g/mol. The van der Waals surface area contributed by atoms with Crippen LogP contribution in [-0.2, 0) is 0 Å². The van der Waals surface area contributed by atoms with Gasteiger partial charge in [-0.05, 0) is 0 Å². The fourth-order valence-corrected chi connectivity index (χ4v) is 5.22. The van der Waals surface area contributed by atoms with E-state index < -0.39 is 106 Å². The molecule has 2 aliphatic carbocycles. The lowest BCUT2D eigenvalue weighted by molar-refractivity contribution is -0.517. The molecule has 0 radical (unpaired) electrons. The minimum Gasteiger partial charge on any atom is -0.225 e. The van der Waals surface area contributed by atoms with Crippen molar-refractivity contribution < 1.29 is 140 Å². The first-order chi connectivity index (χ1) is 21.1. The second-order valence-corrected chi connectivity index (χ2v) is 10.0. The lowest BCUT2D eigenvalue weighted by atomic mass is 9.52. The summed E-state index contributed by atoms with van der Waals surface area (Å²) in [5, 5.41) is 0. The third-order valence-corrected chi connectivity index (χ3v) is 7.64. The summed E-state index contributed by atoms with van der Waals surface area (Å²) in [7, 11) is 0. The highest BCUT2D eigenvalue weighted by molar-refractivity contribution is 5.52. The summed E-state index contributed by atoms with van der Waals surface area (Å²) in [6, 6.07) is 0. The van der Waals surface area contributed by atoms with Gasteiger partial charge in [-0.25, -0.2) is 26.3 Å². The predicted octanol–water partition coefficient (Wildman–Crippen LogP) is 10.5. The molecule has 2 aliphatic rings. The Kier molecular flexibility index (Phi) is 8.49. The van der Waals surface area contributed by atoms with Gasteiger partial charge in [0.25, 0.3) is 17.4 Å². The van der Waals surface area contributed by atoms with Gasteiger partial charge in [0.2, 0.25) is 0 Å². The molecular weight excluding hydrogens is 824 g/mol. The second kappa shape index (κ2) is 9.72. The van der Waals surface area contributed by atoms with E-state index in [1.54, 1.807) is 0 Å². The smallest absolute Gasteiger partial charge is 0.225 e. The number of hydrogen-bond donors (Lipinski definition) is 0. The van der Waals surface area contributed by atoms with Crippen LogP contribution in [0, 0.1) is 0 Å². The van der Waals surface area contributed by atoms with Crippen LogP contribution in [0.25, 0.3) is 0 Å². The van der Waals surface area contributed by atoms with E-state index >= 15 is 8.78 Å². The molecule has 296 valence electrons. The van der Waals surface area contributed by atoms with Crippen molar-refractivity contribution in [1.29, 1.82) is 0 Å². The first-order valence-electron chi connectivity index (χ1n) is 10.8. The summed E-state index contributed by atoms with van der Waals surface area (Å²) in [4.78, 5) is 0. The van der Waals surface area contributed by atoms with Gasteiger partial charge in [0.1, 0.15) is 0 Å². The summed E-state index contributed by atoms with van der Waals surface area (Å²) in [5.41, 5.74) is -67.4. The Bertz CT molecular complexity index is 1320. The van der Waals surface area contributed by atoms with Crippen molar-refractivity contribution in [2.75, 3.05) is 0 Å². The molecule has 0 amide bonds. The Morgan fingerprint density at radius 1 is 0.260 bits per heavy atom. The van der Waals surface area contributed by atoms with Gasteiger partial charge in [0.05, 0.1) is 5.57 Å². The maximum Gasteiger partial charge on any atom is 0.432 e. The standard InChI is InChI=1S/C18F32/c19-2(20)1(3(21)9(27,28)5(23,15(39,40)41)7(25,17(45,46)47)13(35,36)11(3,31)32)4(22)10(29,30)6(24,16(42,43)44)8(26,18(48,49)50)14(37,38)12(4,33)34.